The number of nitrogens with zero attached hydrogens (tertiary/aromatic N) is 1. The van der Waals surface area contributed by atoms with Crippen LogP contribution in [0.3, 0.4) is 0 Å². The molecule has 0 radical (unpaired) electrons. The normalized spacial score (nSPS) is 21.7. The van der Waals surface area contributed by atoms with Crippen LogP contribution in [-0.4, -0.2) is 65.2 Å². The summed E-state index contributed by atoms with van der Waals surface area (Å²) in [5.74, 6) is -0.151. The Morgan fingerprint density at radius 2 is 2.12 bits per heavy atom. The number of methoxy groups -OCH3 is 1. The van der Waals surface area contributed by atoms with Crippen molar-refractivity contribution < 1.29 is 22.7 Å². The second-order valence-electron chi connectivity index (χ2n) is 5.70. The molecule has 0 aliphatic carbocycles. The highest BCUT2D eigenvalue weighted by molar-refractivity contribution is 7.89. The number of benzene rings is 1. The van der Waals surface area contributed by atoms with E-state index in [0.29, 0.717) is 19.7 Å². The van der Waals surface area contributed by atoms with Crippen LogP contribution < -0.4 is 15.2 Å². The van der Waals surface area contributed by atoms with Crippen LogP contribution in [0, 0.1) is 0 Å². The number of ether oxygens (including phenoxy) is 2. The number of hydrogen-bond acceptors (Lipinski definition) is 6. The lowest BCUT2D eigenvalue weighted by atomic mass is 10.1. The first-order chi connectivity index (χ1) is 11.3. The van der Waals surface area contributed by atoms with E-state index < -0.39 is 15.9 Å². The molecule has 0 aromatic heterocycles. The zero-order valence-corrected chi connectivity index (χ0v) is 14.8. The second kappa shape index (κ2) is 7.47. The molecule has 1 amide bonds. The van der Waals surface area contributed by atoms with Gasteiger partial charge in [0, 0.05) is 19.7 Å². The van der Waals surface area contributed by atoms with Gasteiger partial charge >= 0.3 is 0 Å². The molecule has 1 saturated heterocycles. The van der Waals surface area contributed by atoms with Crippen LogP contribution in [0.2, 0.25) is 0 Å². The summed E-state index contributed by atoms with van der Waals surface area (Å²) in [6, 6.07) is 3.75. The Kier molecular flexibility index (Phi) is 5.81. The summed E-state index contributed by atoms with van der Waals surface area (Å²) in [6.45, 7) is 3.81. The van der Waals surface area contributed by atoms with Crippen molar-refractivity contribution in [1.82, 2.24) is 10.2 Å². The summed E-state index contributed by atoms with van der Waals surface area (Å²) in [5, 5.41) is 8.03. The monoisotopic (exact) mass is 357 g/mol. The highest BCUT2D eigenvalue weighted by Crippen LogP contribution is 2.23. The quantitative estimate of drug-likeness (QED) is 0.729. The van der Waals surface area contributed by atoms with E-state index in [2.05, 4.69) is 10.2 Å². The summed E-state index contributed by atoms with van der Waals surface area (Å²) in [7, 11) is -0.551. The lowest BCUT2D eigenvalue weighted by Gasteiger charge is -2.20. The first kappa shape index (κ1) is 18.7. The molecule has 1 aliphatic heterocycles. The third-order valence-electron chi connectivity index (χ3n) is 3.89. The zero-order chi connectivity index (χ0) is 17.9. The molecule has 3 N–H and O–H groups in total. The Hall–Kier alpha value is -1.68. The van der Waals surface area contributed by atoms with Crippen LogP contribution in [0.25, 0.3) is 0 Å². The Bertz CT molecular complexity index is 707. The average molecular weight is 357 g/mol. The molecule has 0 saturated carbocycles. The maximum absolute atomic E-state index is 12.6. The van der Waals surface area contributed by atoms with Crippen molar-refractivity contribution in [3.8, 4) is 5.75 Å². The minimum Gasteiger partial charge on any atom is -0.496 e. The van der Waals surface area contributed by atoms with E-state index in [-0.39, 0.29) is 28.4 Å². The van der Waals surface area contributed by atoms with Crippen molar-refractivity contribution in [2.75, 3.05) is 33.9 Å². The van der Waals surface area contributed by atoms with Gasteiger partial charge in [-0.05, 0) is 32.2 Å². The van der Waals surface area contributed by atoms with Crippen LogP contribution in [0.1, 0.15) is 17.3 Å². The van der Waals surface area contributed by atoms with Crippen molar-refractivity contribution in [2.45, 2.75) is 24.0 Å². The molecule has 0 spiro atoms. The van der Waals surface area contributed by atoms with Gasteiger partial charge in [0.15, 0.2) is 0 Å². The maximum Gasteiger partial charge on any atom is 0.255 e. The van der Waals surface area contributed by atoms with E-state index >= 15 is 0 Å². The number of primary sulfonamides is 1. The number of rotatable bonds is 6. The fourth-order valence-electron chi connectivity index (χ4n) is 2.77. The van der Waals surface area contributed by atoms with Crippen molar-refractivity contribution >= 4 is 15.9 Å². The summed E-state index contributed by atoms with van der Waals surface area (Å²) in [6.07, 6.45) is -0.114. The molecule has 24 heavy (non-hydrogen) atoms. The Labute approximate surface area is 142 Å². The van der Waals surface area contributed by atoms with Gasteiger partial charge in [-0.25, -0.2) is 13.6 Å². The van der Waals surface area contributed by atoms with Crippen LogP contribution in [-0.2, 0) is 14.8 Å². The first-order valence-electron chi connectivity index (χ1n) is 7.58. The number of amides is 1. The topological polar surface area (TPSA) is 111 Å². The third-order valence-corrected chi connectivity index (χ3v) is 4.80. The molecular weight excluding hydrogens is 334 g/mol. The predicted octanol–water partition coefficient (Wildman–Crippen LogP) is -0.208. The Morgan fingerprint density at radius 1 is 1.42 bits per heavy atom. The SMILES string of the molecule is CCO[C@H]1CN(C)C[C@@H]1NC(=O)c1cc(S(N)(=O)=O)ccc1OC. The van der Waals surface area contributed by atoms with Gasteiger partial charge in [0.25, 0.3) is 5.91 Å². The number of carbonyl (C=O) groups excluding carboxylic acids is 1. The van der Waals surface area contributed by atoms with Gasteiger partial charge in [-0.2, -0.15) is 0 Å². The number of likely N-dealkylation sites (N-methyl/N-ethyl adjacent to an activating group) is 1. The largest absolute Gasteiger partial charge is 0.496 e. The van der Waals surface area contributed by atoms with Gasteiger partial charge in [0.05, 0.1) is 29.7 Å². The highest BCUT2D eigenvalue weighted by Gasteiger charge is 2.33. The van der Waals surface area contributed by atoms with E-state index in [9.17, 15) is 13.2 Å². The minimum atomic E-state index is -3.91. The fraction of sp³-hybridized carbons (Fsp3) is 0.533. The first-order valence-corrected chi connectivity index (χ1v) is 9.12. The van der Waals surface area contributed by atoms with E-state index in [1.807, 2.05) is 14.0 Å². The molecule has 9 heteroatoms. The Morgan fingerprint density at radius 3 is 2.71 bits per heavy atom. The molecule has 1 aromatic rings. The number of nitrogens with one attached hydrogen (secondary N) is 1. The van der Waals surface area contributed by atoms with E-state index in [0.717, 1.165) is 0 Å². The van der Waals surface area contributed by atoms with Crippen molar-refractivity contribution in [2.24, 2.45) is 5.14 Å². The maximum atomic E-state index is 12.6. The molecule has 1 aliphatic rings. The van der Waals surface area contributed by atoms with Gasteiger partial charge in [0.2, 0.25) is 10.0 Å². The predicted molar refractivity (Wildman–Crippen MR) is 88.5 cm³/mol. The number of carbonyl (C=O) groups is 1. The second-order valence-corrected chi connectivity index (χ2v) is 7.26. The van der Waals surface area contributed by atoms with Crippen LogP contribution in [0.4, 0.5) is 0 Å². The number of nitrogens with two attached hydrogens (primary N) is 1. The molecule has 2 rings (SSSR count). The fourth-order valence-corrected chi connectivity index (χ4v) is 3.31. The smallest absolute Gasteiger partial charge is 0.255 e. The van der Waals surface area contributed by atoms with E-state index in [1.54, 1.807) is 0 Å². The zero-order valence-electron chi connectivity index (χ0n) is 14.0. The third kappa shape index (κ3) is 4.23. The van der Waals surface area contributed by atoms with Crippen LogP contribution in [0.15, 0.2) is 23.1 Å². The molecular formula is C15H23N3O5S. The van der Waals surface area contributed by atoms with E-state index in [1.165, 1.54) is 25.3 Å². The number of sulfonamides is 1. The summed E-state index contributed by atoms with van der Waals surface area (Å²) in [5.41, 5.74) is 0.119. The van der Waals surface area contributed by atoms with Gasteiger partial charge in [-0.1, -0.05) is 0 Å². The molecule has 2 atom stereocenters. The van der Waals surface area contributed by atoms with Crippen molar-refractivity contribution in [3.63, 3.8) is 0 Å². The summed E-state index contributed by atoms with van der Waals surface area (Å²) >= 11 is 0. The molecule has 8 nitrogen and oxygen atoms in total. The van der Waals surface area contributed by atoms with Gasteiger partial charge < -0.3 is 19.7 Å². The lowest BCUT2D eigenvalue weighted by Crippen LogP contribution is -2.44. The Balaban J connectivity index is 2.25. The molecule has 1 fully saturated rings. The van der Waals surface area contributed by atoms with Gasteiger partial charge in [-0.3, -0.25) is 4.79 Å². The van der Waals surface area contributed by atoms with Crippen molar-refractivity contribution in [3.05, 3.63) is 23.8 Å². The van der Waals surface area contributed by atoms with E-state index in [4.69, 9.17) is 14.6 Å². The van der Waals surface area contributed by atoms with Crippen molar-refractivity contribution in [1.29, 1.82) is 0 Å². The minimum absolute atomic E-state index is 0.114. The molecule has 1 heterocycles. The number of hydrogen-bond donors (Lipinski definition) is 2. The lowest BCUT2D eigenvalue weighted by molar-refractivity contribution is 0.0512. The molecule has 134 valence electrons. The van der Waals surface area contributed by atoms with Gasteiger partial charge in [0.1, 0.15) is 5.75 Å². The summed E-state index contributed by atoms with van der Waals surface area (Å²) < 4.78 is 33.8. The van der Waals surface area contributed by atoms with Crippen LogP contribution >= 0.6 is 0 Å². The standard InChI is InChI=1S/C15H23N3O5S/c1-4-23-14-9-18(2)8-12(14)17-15(19)11-7-10(24(16,20)21)5-6-13(11)22-3/h5-7,12,14H,4,8-9H2,1-3H3,(H,17,19)(H2,16,20,21)/t12-,14-/m0/s1. The molecule has 0 unspecified atom stereocenters. The summed E-state index contributed by atoms with van der Waals surface area (Å²) in [4.78, 5) is 14.5. The van der Waals surface area contributed by atoms with Crippen LogP contribution in [0.5, 0.6) is 5.75 Å². The average Bonchev–Trinajstić information content (AvgIpc) is 2.85. The number of likely N-dealkylation sites (tertiary alicyclic amines) is 1. The van der Waals surface area contributed by atoms with Gasteiger partial charge in [-0.15, -0.1) is 0 Å². The highest BCUT2D eigenvalue weighted by atomic mass is 32.2. The molecule has 0 bridgehead atoms. The molecule has 1 aromatic carbocycles.